The monoisotopic (exact) mass is 177 g/mol. The van der Waals surface area contributed by atoms with Crippen LogP contribution in [-0.4, -0.2) is 11.0 Å². The Balaban J connectivity index is 2.31. The van der Waals surface area contributed by atoms with Gasteiger partial charge >= 0.3 is 5.97 Å². The highest BCUT2D eigenvalue weighted by atomic mass is 16.6. The standard InChI is InChI=1S/C10H11NO2/c1-10(5-2-9(12)13-10)8-3-6-11-7-4-8/h3-4,6-7H,2,5H2,1H3. The second-order valence-corrected chi connectivity index (χ2v) is 3.44. The fourth-order valence-electron chi connectivity index (χ4n) is 1.60. The fourth-order valence-corrected chi connectivity index (χ4v) is 1.60. The normalized spacial score (nSPS) is 27.3. The molecule has 1 unspecified atom stereocenters. The largest absolute Gasteiger partial charge is 0.454 e. The Kier molecular flexibility index (Phi) is 1.79. The first-order valence-electron chi connectivity index (χ1n) is 4.33. The third-order valence-corrected chi connectivity index (χ3v) is 2.44. The lowest BCUT2D eigenvalue weighted by Gasteiger charge is -2.22. The summed E-state index contributed by atoms with van der Waals surface area (Å²) in [6.45, 7) is 1.94. The molecule has 2 heterocycles. The average Bonchev–Trinajstić information content (AvgIpc) is 2.49. The van der Waals surface area contributed by atoms with Crippen molar-refractivity contribution in [3.05, 3.63) is 30.1 Å². The van der Waals surface area contributed by atoms with Gasteiger partial charge in [0.05, 0.1) is 0 Å². The topological polar surface area (TPSA) is 39.2 Å². The summed E-state index contributed by atoms with van der Waals surface area (Å²) < 4.78 is 5.27. The third kappa shape index (κ3) is 1.41. The van der Waals surface area contributed by atoms with Crippen LogP contribution >= 0.6 is 0 Å². The van der Waals surface area contributed by atoms with Crippen LogP contribution in [0.3, 0.4) is 0 Å². The number of carbonyl (C=O) groups is 1. The Morgan fingerprint density at radius 3 is 2.69 bits per heavy atom. The summed E-state index contributed by atoms with van der Waals surface area (Å²) in [4.78, 5) is 14.9. The number of aromatic nitrogens is 1. The van der Waals surface area contributed by atoms with E-state index in [1.807, 2.05) is 19.1 Å². The molecule has 1 atom stereocenters. The molecule has 1 aromatic heterocycles. The van der Waals surface area contributed by atoms with Crippen LogP contribution in [0.2, 0.25) is 0 Å². The number of esters is 1. The summed E-state index contributed by atoms with van der Waals surface area (Å²) in [5.41, 5.74) is 0.591. The molecule has 0 spiro atoms. The molecule has 3 nitrogen and oxygen atoms in total. The van der Waals surface area contributed by atoms with Crippen molar-refractivity contribution in [3.63, 3.8) is 0 Å². The van der Waals surface area contributed by atoms with E-state index in [0.717, 1.165) is 12.0 Å². The third-order valence-electron chi connectivity index (χ3n) is 2.44. The Labute approximate surface area is 76.7 Å². The first-order valence-corrected chi connectivity index (χ1v) is 4.33. The number of cyclic esters (lactones) is 1. The van der Waals surface area contributed by atoms with Crippen LogP contribution in [0.15, 0.2) is 24.5 Å². The van der Waals surface area contributed by atoms with Crippen molar-refractivity contribution in [1.82, 2.24) is 4.98 Å². The van der Waals surface area contributed by atoms with Crippen LogP contribution in [0.25, 0.3) is 0 Å². The molecular formula is C10H11NO2. The summed E-state index contributed by atoms with van der Waals surface area (Å²) in [7, 11) is 0. The molecule has 1 aliphatic heterocycles. The van der Waals surface area contributed by atoms with E-state index >= 15 is 0 Å². The molecular weight excluding hydrogens is 166 g/mol. The quantitative estimate of drug-likeness (QED) is 0.612. The number of pyridine rings is 1. The van der Waals surface area contributed by atoms with Gasteiger partial charge < -0.3 is 4.74 Å². The maximum atomic E-state index is 11.0. The van der Waals surface area contributed by atoms with Gasteiger partial charge in [-0.15, -0.1) is 0 Å². The van der Waals surface area contributed by atoms with Crippen molar-refractivity contribution in [2.45, 2.75) is 25.4 Å². The first-order chi connectivity index (χ1) is 6.21. The second-order valence-electron chi connectivity index (χ2n) is 3.44. The van der Waals surface area contributed by atoms with E-state index in [2.05, 4.69) is 4.98 Å². The smallest absolute Gasteiger partial charge is 0.306 e. The summed E-state index contributed by atoms with van der Waals surface area (Å²) in [5, 5.41) is 0. The van der Waals surface area contributed by atoms with Gasteiger partial charge in [0, 0.05) is 25.2 Å². The zero-order chi connectivity index (χ0) is 9.31. The van der Waals surface area contributed by atoms with Gasteiger partial charge in [-0.1, -0.05) is 0 Å². The van der Waals surface area contributed by atoms with E-state index in [9.17, 15) is 4.79 Å². The number of rotatable bonds is 1. The fraction of sp³-hybridized carbons (Fsp3) is 0.400. The van der Waals surface area contributed by atoms with Crippen molar-refractivity contribution < 1.29 is 9.53 Å². The van der Waals surface area contributed by atoms with Gasteiger partial charge in [-0.3, -0.25) is 9.78 Å². The van der Waals surface area contributed by atoms with Gasteiger partial charge in [0.1, 0.15) is 5.60 Å². The number of hydrogen-bond donors (Lipinski definition) is 0. The predicted molar refractivity (Wildman–Crippen MR) is 46.9 cm³/mol. The maximum Gasteiger partial charge on any atom is 0.306 e. The SMILES string of the molecule is CC1(c2ccncc2)CCC(=O)O1. The summed E-state index contributed by atoms with van der Waals surface area (Å²) >= 11 is 0. The van der Waals surface area contributed by atoms with Crippen LogP contribution in [0.1, 0.15) is 25.3 Å². The van der Waals surface area contributed by atoms with E-state index in [0.29, 0.717) is 6.42 Å². The van der Waals surface area contributed by atoms with Crippen molar-refractivity contribution in [2.24, 2.45) is 0 Å². The van der Waals surface area contributed by atoms with Gasteiger partial charge in [0.25, 0.3) is 0 Å². The van der Waals surface area contributed by atoms with Crippen molar-refractivity contribution >= 4 is 5.97 Å². The van der Waals surface area contributed by atoms with Crippen molar-refractivity contribution in [1.29, 1.82) is 0 Å². The minimum absolute atomic E-state index is 0.112. The number of carbonyl (C=O) groups excluding carboxylic acids is 1. The van der Waals surface area contributed by atoms with Gasteiger partial charge in [0.15, 0.2) is 0 Å². The highest BCUT2D eigenvalue weighted by molar-refractivity contribution is 5.72. The molecule has 0 N–H and O–H groups in total. The van der Waals surface area contributed by atoms with E-state index < -0.39 is 5.60 Å². The van der Waals surface area contributed by atoms with Crippen LogP contribution in [0.5, 0.6) is 0 Å². The van der Waals surface area contributed by atoms with Gasteiger partial charge in [-0.2, -0.15) is 0 Å². The molecule has 0 aromatic carbocycles. The Hall–Kier alpha value is -1.38. The van der Waals surface area contributed by atoms with Gasteiger partial charge in [-0.05, 0) is 24.6 Å². The summed E-state index contributed by atoms with van der Waals surface area (Å²) in [6.07, 6.45) is 4.70. The van der Waals surface area contributed by atoms with Gasteiger partial charge in [-0.25, -0.2) is 0 Å². The molecule has 0 aliphatic carbocycles. The van der Waals surface area contributed by atoms with Crippen molar-refractivity contribution in [2.75, 3.05) is 0 Å². The van der Waals surface area contributed by atoms with E-state index in [1.54, 1.807) is 12.4 Å². The zero-order valence-corrected chi connectivity index (χ0v) is 7.49. The van der Waals surface area contributed by atoms with Gasteiger partial charge in [0.2, 0.25) is 0 Å². The first kappa shape index (κ1) is 8.23. The van der Waals surface area contributed by atoms with Crippen LogP contribution < -0.4 is 0 Å². The van der Waals surface area contributed by atoms with Crippen molar-refractivity contribution in [3.8, 4) is 0 Å². The average molecular weight is 177 g/mol. The lowest BCUT2D eigenvalue weighted by atomic mass is 9.94. The zero-order valence-electron chi connectivity index (χ0n) is 7.49. The van der Waals surface area contributed by atoms with E-state index in [4.69, 9.17) is 4.74 Å². The molecule has 68 valence electrons. The lowest BCUT2D eigenvalue weighted by Crippen LogP contribution is -2.20. The molecule has 0 saturated carbocycles. The Bertz CT molecular complexity index is 323. The summed E-state index contributed by atoms with van der Waals surface area (Å²) in [6, 6.07) is 3.78. The number of hydrogen-bond acceptors (Lipinski definition) is 3. The molecule has 13 heavy (non-hydrogen) atoms. The Morgan fingerprint density at radius 2 is 2.15 bits per heavy atom. The minimum Gasteiger partial charge on any atom is -0.454 e. The van der Waals surface area contributed by atoms with Crippen LogP contribution in [-0.2, 0) is 15.1 Å². The molecule has 0 bridgehead atoms. The highest BCUT2D eigenvalue weighted by Crippen LogP contribution is 2.35. The summed E-state index contributed by atoms with van der Waals surface area (Å²) in [5.74, 6) is -0.112. The van der Waals surface area contributed by atoms with E-state index in [-0.39, 0.29) is 5.97 Å². The molecule has 2 rings (SSSR count). The predicted octanol–water partition coefficient (Wildman–Crippen LogP) is 1.63. The molecule has 0 radical (unpaired) electrons. The highest BCUT2D eigenvalue weighted by Gasteiger charge is 2.37. The molecule has 3 heteroatoms. The maximum absolute atomic E-state index is 11.0. The molecule has 1 saturated heterocycles. The molecule has 1 aliphatic rings. The van der Waals surface area contributed by atoms with E-state index in [1.165, 1.54) is 0 Å². The second kappa shape index (κ2) is 2.83. The Morgan fingerprint density at radius 1 is 1.46 bits per heavy atom. The molecule has 0 amide bonds. The molecule has 1 fully saturated rings. The minimum atomic E-state index is -0.431. The van der Waals surface area contributed by atoms with Crippen LogP contribution in [0, 0.1) is 0 Å². The number of nitrogens with zero attached hydrogens (tertiary/aromatic N) is 1. The number of ether oxygens (including phenoxy) is 1. The lowest BCUT2D eigenvalue weighted by molar-refractivity contribution is -0.147. The molecule has 1 aromatic rings. The van der Waals surface area contributed by atoms with Crippen LogP contribution in [0.4, 0.5) is 0 Å².